The minimum absolute atomic E-state index is 0.428. The van der Waals surface area contributed by atoms with Crippen LogP contribution in [-0.2, 0) is 13.1 Å². The molecule has 158 valence electrons. The highest BCUT2D eigenvalue weighted by molar-refractivity contribution is 5.27. The minimum Gasteiger partial charge on any atom is -0.497 e. The van der Waals surface area contributed by atoms with E-state index in [1.807, 2.05) is 12.1 Å². The predicted molar refractivity (Wildman–Crippen MR) is 120 cm³/mol. The van der Waals surface area contributed by atoms with Crippen molar-refractivity contribution in [3.63, 3.8) is 0 Å². The van der Waals surface area contributed by atoms with Gasteiger partial charge in [0.05, 0.1) is 14.2 Å². The van der Waals surface area contributed by atoms with Gasteiger partial charge in [-0.1, -0.05) is 37.6 Å². The lowest BCUT2D eigenvalue weighted by Crippen LogP contribution is -2.44. The molecule has 0 atom stereocenters. The van der Waals surface area contributed by atoms with Gasteiger partial charge in [0.15, 0.2) is 0 Å². The number of piperidine rings is 1. The van der Waals surface area contributed by atoms with E-state index in [-0.39, 0.29) is 0 Å². The van der Waals surface area contributed by atoms with Crippen molar-refractivity contribution in [3.8, 4) is 11.5 Å². The summed E-state index contributed by atoms with van der Waals surface area (Å²) in [6.07, 6.45) is 5.10. The summed E-state index contributed by atoms with van der Waals surface area (Å²) in [5, 5.41) is 3.74. The summed E-state index contributed by atoms with van der Waals surface area (Å²) in [4.78, 5) is 2.60. The van der Waals surface area contributed by atoms with Crippen molar-refractivity contribution in [2.45, 2.75) is 45.7 Å². The molecule has 1 aliphatic rings. The molecule has 1 saturated heterocycles. The van der Waals surface area contributed by atoms with Crippen LogP contribution in [0.25, 0.3) is 0 Å². The molecule has 0 saturated carbocycles. The van der Waals surface area contributed by atoms with Crippen molar-refractivity contribution in [2.75, 3.05) is 33.9 Å². The maximum absolute atomic E-state index is 5.27. The molecule has 0 spiro atoms. The minimum atomic E-state index is 0.428. The van der Waals surface area contributed by atoms with E-state index in [0.29, 0.717) is 5.41 Å². The molecule has 1 fully saturated rings. The zero-order chi connectivity index (χ0) is 20.5. The topological polar surface area (TPSA) is 33.7 Å². The van der Waals surface area contributed by atoms with E-state index >= 15 is 0 Å². The molecule has 4 nitrogen and oxygen atoms in total. The van der Waals surface area contributed by atoms with Crippen LogP contribution in [0, 0.1) is 5.41 Å². The number of hydrogen-bond donors (Lipinski definition) is 1. The summed E-state index contributed by atoms with van der Waals surface area (Å²) in [7, 11) is 3.43. The largest absolute Gasteiger partial charge is 0.497 e. The first-order valence-corrected chi connectivity index (χ1v) is 10.9. The average molecular weight is 397 g/mol. The summed E-state index contributed by atoms with van der Waals surface area (Å²) < 4.78 is 10.5. The lowest BCUT2D eigenvalue weighted by Gasteiger charge is -2.42. The zero-order valence-corrected chi connectivity index (χ0v) is 18.2. The number of likely N-dealkylation sites (tertiary alicyclic amines) is 1. The molecule has 3 rings (SSSR count). The second kappa shape index (κ2) is 10.7. The van der Waals surface area contributed by atoms with Crippen LogP contribution in [0.15, 0.2) is 48.5 Å². The summed E-state index contributed by atoms with van der Waals surface area (Å²) >= 11 is 0. The monoisotopic (exact) mass is 396 g/mol. The number of methoxy groups -OCH3 is 2. The van der Waals surface area contributed by atoms with Crippen molar-refractivity contribution in [3.05, 3.63) is 59.7 Å². The molecule has 1 heterocycles. The molecular weight excluding hydrogens is 360 g/mol. The van der Waals surface area contributed by atoms with Crippen LogP contribution in [0.4, 0.5) is 0 Å². The Morgan fingerprint density at radius 2 is 1.41 bits per heavy atom. The number of nitrogens with zero attached hydrogens (tertiary/aromatic N) is 1. The molecule has 2 aromatic carbocycles. The Labute approximate surface area is 176 Å². The van der Waals surface area contributed by atoms with Gasteiger partial charge in [-0.05, 0) is 73.2 Å². The molecular formula is C25H36N2O2. The standard InChI is InChI=1S/C25H36N2O2/c1-4-13-25(20-26-18-21-5-9-23(28-2)10-6-21)14-16-27(17-15-25)19-22-7-11-24(29-3)12-8-22/h5-12,26H,4,13-20H2,1-3H3. The summed E-state index contributed by atoms with van der Waals surface area (Å²) in [6, 6.07) is 16.9. The second-order valence-corrected chi connectivity index (χ2v) is 8.33. The number of nitrogens with one attached hydrogen (secondary N) is 1. The third-order valence-electron chi connectivity index (χ3n) is 6.25. The average Bonchev–Trinajstić information content (AvgIpc) is 2.77. The quantitative estimate of drug-likeness (QED) is 0.621. The Hall–Kier alpha value is -2.04. The van der Waals surface area contributed by atoms with Crippen molar-refractivity contribution < 1.29 is 9.47 Å². The molecule has 0 unspecified atom stereocenters. The van der Waals surface area contributed by atoms with Crippen LogP contribution < -0.4 is 14.8 Å². The van der Waals surface area contributed by atoms with Gasteiger partial charge in [0.2, 0.25) is 0 Å². The van der Waals surface area contributed by atoms with Gasteiger partial charge in [-0.25, -0.2) is 0 Å². The summed E-state index contributed by atoms with van der Waals surface area (Å²) in [6.45, 7) is 7.72. The van der Waals surface area contributed by atoms with Crippen LogP contribution in [0.2, 0.25) is 0 Å². The van der Waals surface area contributed by atoms with Gasteiger partial charge in [0.1, 0.15) is 11.5 Å². The third-order valence-corrected chi connectivity index (χ3v) is 6.25. The highest BCUT2D eigenvalue weighted by atomic mass is 16.5. The fraction of sp³-hybridized carbons (Fsp3) is 0.520. The predicted octanol–water partition coefficient (Wildman–Crippen LogP) is 4.88. The van der Waals surface area contributed by atoms with Gasteiger partial charge in [0, 0.05) is 19.6 Å². The lowest BCUT2D eigenvalue weighted by atomic mass is 9.74. The number of ether oxygens (including phenoxy) is 2. The van der Waals surface area contributed by atoms with Gasteiger partial charge in [-0.3, -0.25) is 4.90 Å². The van der Waals surface area contributed by atoms with Gasteiger partial charge in [-0.15, -0.1) is 0 Å². The van der Waals surface area contributed by atoms with E-state index in [1.165, 1.54) is 49.9 Å². The molecule has 4 heteroatoms. The fourth-order valence-corrected chi connectivity index (χ4v) is 4.44. The van der Waals surface area contributed by atoms with Crippen LogP contribution in [0.3, 0.4) is 0 Å². The maximum Gasteiger partial charge on any atom is 0.118 e. The molecule has 1 aliphatic heterocycles. The molecule has 0 aromatic heterocycles. The molecule has 0 radical (unpaired) electrons. The lowest BCUT2D eigenvalue weighted by molar-refractivity contribution is 0.0881. The van der Waals surface area contributed by atoms with Crippen molar-refractivity contribution in [1.82, 2.24) is 10.2 Å². The van der Waals surface area contributed by atoms with Crippen molar-refractivity contribution >= 4 is 0 Å². The Balaban J connectivity index is 1.48. The van der Waals surface area contributed by atoms with E-state index in [0.717, 1.165) is 31.1 Å². The Bertz CT molecular complexity index is 719. The van der Waals surface area contributed by atoms with Gasteiger partial charge >= 0.3 is 0 Å². The van der Waals surface area contributed by atoms with Gasteiger partial charge in [-0.2, -0.15) is 0 Å². The zero-order valence-electron chi connectivity index (χ0n) is 18.2. The summed E-state index contributed by atoms with van der Waals surface area (Å²) in [5.41, 5.74) is 3.11. The number of hydrogen-bond acceptors (Lipinski definition) is 4. The first-order chi connectivity index (χ1) is 14.2. The first kappa shape index (κ1) is 21.7. The van der Waals surface area contributed by atoms with Gasteiger partial charge < -0.3 is 14.8 Å². The molecule has 29 heavy (non-hydrogen) atoms. The molecule has 0 amide bonds. The second-order valence-electron chi connectivity index (χ2n) is 8.33. The SMILES string of the molecule is CCCC1(CNCc2ccc(OC)cc2)CCN(Cc2ccc(OC)cc2)CC1. The Kier molecular flexibility index (Phi) is 7.96. The fourth-order valence-electron chi connectivity index (χ4n) is 4.44. The van der Waals surface area contributed by atoms with E-state index in [4.69, 9.17) is 9.47 Å². The van der Waals surface area contributed by atoms with E-state index in [9.17, 15) is 0 Å². The highest BCUT2D eigenvalue weighted by Crippen LogP contribution is 2.36. The van der Waals surface area contributed by atoms with Crippen LogP contribution >= 0.6 is 0 Å². The Morgan fingerprint density at radius 1 is 0.862 bits per heavy atom. The smallest absolute Gasteiger partial charge is 0.118 e. The van der Waals surface area contributed by atoms with Crippen LogP contribution in [-0.4, -0.2) is 38.8 Å². The van der Waals surface area contributed by atoms with Crippen molar-refractivity contribution in [2.24, 2.45) is 5.41 Å². The van der Waals surface area contributed by atoms with E-state index in [1.54, 1.807) is 14.2 Å². The molecule has 2 aromatic rings. The first-order valence-electron chi connectivity index (χ1n) is 10.9. The van der Waals surface area contributed by atoms with Gasteiger partial charge in [0.25, 0.3) is 0 Å². The highest BCUT2D eigenvalue weighted by Gasteiger charge is 2.33. The van der Waals surface area contributed by atoms with E-state index < -0.39 is 0 Å². The normalized spacial score (nSPS) is 16.5. The van der Waals surface area contributed by atoms with Crippen LogP contribution in [0.1, 0.15) is 43.7 Å². The number of rotatable bonds is 10. The summed E-state index contributed by atoms with van der Waals surface area (Å²) in [5.74, 6) is 1.85. The molecule has 0 aliphatic carbocycles. The maximum atomic E-state index is 5.27. The van der Waals surface area contributed by atoms with Crippen molar-refractivity contribution in [1.29, 1.82) is 0 Å². The van der Waals surface area contributed by atoms with Crippen LogP contribution in [0.5, 0.6) is 11.5 Å². The van der Waals surface area contributed by atoms with E-state index in [2.05, 4.69) is 53.5 Å². The molecule has 1 N–H and O–H groups in total. The third kappa shape index (κ3) is 6.22. The number of benzene rings is 2. The Morgan fingerprint density at radius 3 is 1.93 bits per heavy atom. The molecule has 0 bridgehead atoms.